The first kappa shape index (κ1) is 16.7. The highest BCUT2D eigenvalue weighted by Gasteiger charge is 2.20. The zero-order valence-corrected chi connectivity index (χ0v) is 13.9. The molecule has 0 aliphatic heterocycles. The number of hydrogen-bond donors (Lipinski definition) is 3. The van der Waals surface area contributed by atoms with Gasteiger partial charge in [0.15, 0.2) is 16.9 Å². The fourth-order valence-electron chi connectivity index (χ4n) is 2.02. The third-order valence-corrected chi connectivity index (χ3v) is 3.76. The van der Waals surface area contributed by atoms with Crippen LogP contribution in [0.4, 0.5) is 10.1 Å². The van der Waals surface area contributed by atoms with Gasteiger partial charge >= 0.3 is 0 Å². The smallest absolute Gasteiger partial charge is 0.171 e. The highest BCUT2D eigenvalue weighted by molar-refractivity contribution is 7.80. The van der Waals surface area contributed by atoms with Crippen LogP contribution in [-0.2, 0) is 0 Å². The van der Waals surface area contributed by atoms with Gasteiger partial charge in [-0.25, -0.2) is 4.39 Å². The minimum absolute atomic E-state index is 0.0546. The lowest BCUT2D eigenvalue weighted by molar-refractivity contribution is -0.891. The maximum Gasteiger partial charge on any atom is 0.171 e. The number of nitrogens with one attached hydrogen (secondary N) is 3. The number of anilines is 1. The Bertz CT molecular complexity index is 634. The van der Waals surface area contributed by atoms with Crippen molar-refractivity contribution in [2.45, 2.75) is 6.04 Å². The molecule has 1 atom stereocenters. The van der Waals surface area contributed by atoms with Crippen LogP contribution in [0.3, 0.4) is 0 Å². The fourth-order valence-corrected chi connectivity index (χ4v) is 2.40. The Kier molecular flexibility index (Phi) is 5.76. The number of thiocarbonyl (C=S) groups is 1. The zero-order chi connectivity index (χ0) is 16.1. The monoisotopic (exact) mass is 342 g/mol. The molecule has 1 heterocycles. The van der Waals surface area contributed by atoms with E-state index >= 15 is 0 Å². The molecular formula is C15H18ClFN3OS+. The summed E-state index contributed by atoms with van der Waals surface area (Å²) in [5.74, 6) is 0.431. The SMILES string of the molecule is C[NH+](C)[C@@H](CNC(=S)Nc1ccc(F)c(Cl)c1)c1ccco1. The molecule has 118 valence electrons. The Balaban J connectivity index is 1.92. The van der Waals surface area contributed by atoms with E-state index < -0.39 is 5.82 Å². The summed E-state index contributed by atoms with van der Waals surface area (Å²) in [6.07, 6.45) is 1.66. The van der Waals surface area contributed by atoms with Crippen LogP contribution in [-0.4, -0.2) is 25.8 Å². The van der Waals surface area contributed by atoms with Crippen molar-refractivity contribution in [3.63, 3.8) is 0 Å². The van der Waals surface area contributed by atoms with Gasteiger partial charge in [-0.2, -0.15) is 0 Å². The van der Waals surface area contributed by atoms with Crippen molar-refractivity contribution in [2.24, 2.45) is 0 Å². The highest BCUT2D eigenvalue weighted by Crippen LogP contribution is 2.19. The number of benzene rings is 1. The molecule has 0 fully saturated rings. The van der Waals surface area contributed by atoms with E-state index in [0.717, 1.165) is 5.76 Å². The molecule has 0 bridgehead atoms. The standard InChI is InChI=1S/C15H17ClFN3OS/c1-20(2)13(14-4-3-7-21-14)9-18-15(22)19-10-5-6-12(17)11(16)8-10/h3-8,13H,9H2,1-2H3,(H2,18,19,22)/p+1/t13-/m0/s1. The zero-order valence-electron chi connectivity index (χ0n) is 12.3. The predicted octanol–water partition coefficient (Wildman–Crippen LogP) is 2.24. The molecule has 22 heavy (non-hydrogen) atoms. The first-order valence-electron chi connectivity index (χ1n) is 6.80. The third-order valence-electron chi connectivity index (χ3n) is 3.23. The summed E-state index contributed by atoms with van der Waals surface area (Å²) < 4.78 is 18.6. The Morgan fingerprint density at radius 3 is 2.77 bits per heavy atom. The lowest BCUT2D eigenvalue weighted by Crippen LogP contribution is -3.07. The number of rotatable bonds is 5. The second kappa shape index (κ2) is 7.58. The van der Waals surface area contributed by atoms with E-state index in [1.54, 1.807) is 12.3 Å². The second-order valence-electron chi connectivity index (χ2n) is 5.11. The molecule has 2 aromatic rings. The molecule has 0 saturated heterocycles. The van der Waals surface area contributed by atoms with Crippen molar-refractivity contribution in [1.29, 1.82) is 0 Å². The number of furan rings is 1. The van der Waals surface area contributed by atoms with E-state index in [9.17, 15) is 4.39 Å². The van der Waals surface area contributed by atoms with Crippen LogP contribution in [0.2, 0.25) is 5.02 Å². The van der Waals surface area contributed by atoms with E-state index in [4.69, 9.17) is 28.2 Å². The van der Waals surface area contributed by atoms with Gasteiger partial charge in [-0.05, 0) is 42.5 Å². The van der Waals surface area contributed by atoms with Crippen LogP contribution in [0.25, 0.3) is 0 Å². The summed E-state index contributed by atoms with van der Waals surface area (Å²) in [5.41, 5.74) is 0.635. The van der Waals surface area contributed by atoms with Crippen LogP contribution in [0.5, 0.6) is 0 Å². The summed E-state index contributed by atoms with van der Waals surface area (Å²) in [7, 11) is 4.09. The van der Waals surface area contributed by atoms with Gasteiger partial charge in [0.25, 0.3) is 0 Å². The van der Waals surface area contributed by atoms with Gasteiger partial charge in [0, 0.05) is 5.69 Å². The largest absolute Gasteiger partial charge is 0.463 e. The summed E-state index contributed by atoms with van der Waals surface area (Å²) in [6, 6.07) is 8.30. The average Bonchev–Trinajstić information content (AvgIpc) is 2.97. The lowest BCUT2D eigenvalue weighted by atomic mass is 10.2. The number of quaternary nitrogens is 1. The van der Waals surface area contributed by atoms with Gasteiger partial charge in [0.1, 0.15) is 5.82 Å². The minimum Gasteiger partial charge on any atom is -0.463 e. The maximum absolute atomic E-state index is 13.1. The van der Waals surface area contributed by atoms with Crippen molar-refractivity contribution >= 4 is 34.6 Å². The molecule has 0 saturated carbocycles. The summed E-state index contributed by atoms with van der Waals surface area (Å²) in [5, 5.41) is 6.62. The van der Waals surface area contributed by atoms with Gasteiger partial charge in [-0.1, -0.05) is 11.6 Å². The van der Waals surface area contributed by atoms with Gasteiger partial charge in [0.05, 0.1) is 31.9 Å². The minimum atomic E-state index is -0.458. The number of hydrogen-bond acceptors (Lipinski definition) is 2. The normalized spacial score (nSPS) is 12.2. The van der Waals surface area contributed by atoms with Crippen molar-refractivity contribution in [3.05, 3.63) is 53.2 Å². The summed E-state index contributed by atoms with van der Waals surface area (Å²) in [6.45, 7) is 0.608. The topological polar surface area (TPSA) is 41.6 Å². The average molecular weight is 343 g/mol. The Morgan fingerprint density at radius 1 is 1.41 bits per heavy atom. The quantitative estimate of drug-likeness (QED) is 0.729. The van der Waals surface area contributed by atoms with Gasteiger partial charge in [-0.15, -0.1) is 0 Å². The van der Waals surface area contributed by atoms with E-state index in [2.05, 4.69) is 10.6 Å². The van der Waals surface area contributed by atoms with Crippen molar-refractivity contribution in [1.82, 2.24) is 5.32 Å². The molecule has 0 radical (unpaired) electrons. The molecule has 3 N–H and O–H groups in total. The highest BCUT2D eigenvalue weighted by atomic mass is 35.5. The van der Waals surface area contributed by atoms with Crippen LogP contribution in [0, 0.1) is 5.82 Å². The molecule has 0 spiro atoms. The first-order chi connectivity index (χ1) is 10.5. The molecule has 7 heteroatoms. The van der Waals surface area contributed by atoms with Gasteiger partial charge in [0.2, 0.25) is 0 Å². The summed E-state index contributed by atoms with van der Waals surface area (Å²) in [4.78, 5) is 1.22. The number of likely N-dealkylation sites (N-methyl/N-ethyl adjacent to an activating group) is 1. The molecule has 0 aliphatic rings. The molecule has 2 rings (SSSR count). The Morgan fingerprint density at radius 2 is 2.18 bits per heavy atom. The molecule has 0 aliphatic carbocycles. The van der Waals surface area contributed by atoms with E-state index in [1.807, 2.05) is 26.2 Å². The molecule has 1 aromatic heterocycles. The Hall–Kier alpha value is -1.63. The second-order valence-corrected chi connectivity index (χ2v) is 5.92. The van der Waals surface area contributed by atoms with E-state index in [0.29, 0.717) is 17.3 Å². The molecule has 0 unspecified atom stereocenters. The van der Waals surface area contributed by atoms with Crippen LogP contribution < -0.4 is 15.5 Å². The van der Waals surface area contributed by atoms with Crippen molar-refractivity contribution < 1.29 is 13.7 Å². The lowest BCUT2D eigenvalue weighted by Gasteiger charge is -2.20. The van der Waals surface area contributed by atoms with E-state index in [-0.39, 0.29) is 11.1 Å². The van der Waals surface area contributed by atoms with E-state index in [1.165, 1.54) is 17.0 Å². The Labute approximate surface area is 139 Å². The van der Waals surface area contributed by atoms with Crippen molar-refractivity contribution in [2.75, 3.05) is 26.0 Å². The molecule has 4 nitrogen and oxygen atoms in total. The van der Waals surface area contributed by atoms with Crippen LogP contribution >= 0.6 is 23.8 Å². The molecular weight excluding hydrogens is 325 g/mol. The summed E-state index contributed by atoms with van der Waals surface area (Å²) >= 11 is 11.0. The van der Waals surface area contributed by atoms with Crippen LogP contribution in [0.1, 0.15) is 11.8 Å². The first-order valence-corrected chi connectivity index (χ1v) is 7.59. The van der Waals surface area contributed by atoms with Gasteiger partial charge in [-0.3, -0.25) is 0 Å². The molecule has 1 aromatic carbocycles. The van der Waals surface area contributed by atoms with Gasteiger partial charge < -0.3 is 20.0 Å². The third kappa shape index (κ3) is 4.43. The van der Waals surface area contributed by atoms with Crippen LogP contribution in [0.15, 0.2) is 41.0 Å². The predicted molar refractivity (Wildman–Crippen MR) is 89.9 cm³/mol. The van der Waals surface area contributed by atoms with Crippen molar-refractivity contribution in [3.8, 4) is 0 Å². The maximum atomic E-state index is 13.1. The molecule has 0 amide bonds. The fraction of sp³-hybridized carbons (Fsp3) is 0.267. The number of halogens is 2.